The summed E-state index contributed by atoms with van der Waals surface area (Å²) in [5.74, 6) is 0. The first-order chi connectivity index (χ1) is 10.2. The summed E-state index contributed by atoms with van der Waals surface area (Å²) < 4.78 is 5.93. The maximum Gasteiger partial charge on any atom is 0.315 e. The molecule has 0 aliphatic carbocycles. The Morgan fingerprint density at radius 3 is 3.00 bits per heavy atom. The summed E-state index contributed by atoms with van der Waals surface area (Å²) in [7, 11) is 2.04. The molecule has 1 aromatic heterocycles. The van der Waals surface area contributed by atoms with E-state index in [-0.39, 0.29) is 24.2 Å². The average Bonchev–Trinajstić information content (AvgIpc) is 2.88. The molecule has 114 valence electrons. The van der Waals surface area contributed by atoms with Gasteiger partial charge >= 0.3 is 6.03 Å². The summed E-state index contributed by atoms with van der Waals surface area (Å²) in [4.78, 5) is 23.7. The van der Waals surface area contributed by atoms with E-state index in [9.17, 15) is 4.79 Å². The Morgan fingerprint density at radius 2 is 2.29 bits per heavy atom. The molecule has 0 spiro atoms. The number of fused-ring (bicyclic) bond motifs is 1. The Bertz CT molecular complexity index is 497. The number of urea groups is 1. The van der Waals surface area contributed by atoms with Crippen LogP contribution in [0.25, 0.3) is 0 Å². The van der Waals surface area contributed by atoms with Gasteiger partial charge in [-0.25, -0.2) is 14.8 Å². The second kappa shape index (κ2) is 5.95. The normalized spacial score (nSPS) is 28.7. The molecule has 0 aromatic carbocycles. The van der Waals surface area contributed by atoms with Crippen LogP contribution < -0.4 is 5.73 Å². The number of likely N-dealkylation sites (tertiary alicyclic amines) is 1. The fraction of sp³-hybridized carbons (Fsp3) is 0.643. The van der Waals surface area contributed by atoms with Crippen molar-refractivity contribution in [2.24, 2.45) is 5.73 Å². The van der Waals surface area contributed by atoms with Crippen LogP contribution in [-0.2, 0) is 11.3 Å². The largest absolute Gasteiger partial charge is 0.374 e. The number of nitrogens with zero attached hydrogens (tertiary/aromatic N) is 4. The average molecular weight is 291 g/mol. The molecule has 2 N–H and O–H groups in total. The molecule has 0 unspecified atom stereocenters. The van der Waals surface area contributed by atoms with Crippen LogP contribution in [0, 0.1) is 0 Å². The van der Waals surface area contributed by atoms with Crippen molar-refractivity contribution in [2.45, 2.75) is 37.6 Å². The van der Waals surface area contributed by atoms with Crippen LogP contribution in [-0.4, -0.2) is 64.2 Å². The fourth-order valence-electron chi connectivity index (χ4n) is 3.39. The highest BCUT2D eigenvalue weighted by atomic mass is 16.5. The lowest BCUT2D eigenvalue weighted by molar-refractivity contribution is -0.0340. The Balaban J connectivity index is 1.73. The Labute approximate surface area is 124 Å². The molecule has 1 aromatic rings. The van der Waals surface area contributed by atoms with Crippen LogP contribution in [0.3, 0.4) is 0 Å². The molecular formula is C14H21N5O2. The van der Waals surface area contributed by atoms with E-state index in [1.165, 1.54) is 6.33 Å². The SMILES string of the molecule is CN(Cc1cncnc1)[C@H]1CN(C(N)=O)[C@H]2CCCO[C@@H]12. The minimum absolute atomic E-state index is 0.0425. The van der Waals surface area contributed by atoms with E-state index in [0.717, 1.165) is 31.6 Å². The zero-order valence-corrected chi connectivity index (χ0v) is 12.2. The lowest BCUT2D eigenvalue weighted by Gasteiger charge is -2.34. The predicted octanol–water partition coefficient (Wildman–Crippen LogP) is 0.219. The number of primary amides is 1. The lowest BCUT2D eigenvalue weighted by Crippen LogP contribution is -2.47. The van der Waals surface area contributed by atoms with Crippen LogP contribution in [0.4, 0.5) is 4.79 Å². The third-order valence-corrected chi connectivity index (χ3v) is 4.39. The summed E-state index contributed by atoms with van der Waals surface area (Å²) in [5.41, 5.74) is 6.56. The standard InChI is InChI=1S/C14H21N5O2/c1-18(7-10-5-16-9-17-6-10)12-8-19(14(15)20)11-3-2-4-21-13(11)12/h5-6,9,11-13H,2-4,7-8H2,1H3,(H2,15,20)/t11-,12-,13+/m0/s1. The molecule has 2 saturated heterocycles. The van der Waals surface area contributed by atoms with Crippen molar-refractivity contribution in [3.8, 4) is 0 Å². The van der Waals surface area contributed by atoms with Gasteiger partial charge in [0.25, 0.3) is 0 Å². The molecule has 7 nitrogen and oxygen atoms in total. The van der Waals surface area contributed by atoms with Gasteiger partial charge in [-0.2, -0.15) is 0 Å². The number of carbonyl (C=O) groups is 1. The smallest absolute Gasteiger partial charge is 0.315 e. The maximum absolute atomic E-state index is 11.6. The van der Waals surface area contributed by atoms with Gasteiger partial charge < -0.3 is 15.4 Å². The van der Waals surface area contributed by atoms with E-state index in [1.807, 2.05) is 19.4 Å². The molecular weight excluding hydrogens is 270 g/mol. The molecule has 0 bridgehead atoms. The van der Waals surface area contributed by atoms with Crippen molar-refractivity contribution >= 4 is 6.03 Å². The number of ether oxygens (including phenoxy) is 1. The highest BCUT2D eigenvalue weighted by Gasteiger charge is 2.46. The quantitative estimate of drug-likeness (QED) is 0.861. The van der Waals surface area contributed by atoms with Gasteiger partial charge in [0.05, 0.1) is 18.2 Å². The van der Waals surface area contributed by atoms with Crippen LogP contribution in [0.15, 0.2) is 18.7 Å². The number of rotatable bonds is 3. The van der Waals surface area contributed by atoms with Gasteiger partial charge in [0.1, 0.15) is 6.33 Å². The van der Waals surface area contributed by atoms with Crippen LogP contribution >= 0.6 is 0 Å². The Morgan fingerprint density at radius 1 is 1.52 bits per heavy atom. The second-order valence-electron chi connectivity index (χ2n) is 5.76. The van der Waals surface area contributed by atoms with E-state index in [4.69, 9.17) is 10.5 Å². The number of hydrogen-bond donors (Lipinski definition) is 1. The van der Waals surface area contributed by atoms with Crippen molar-refractivity contribution < 1.29 is 9.53 Å². The zero-order valence-electron chi connectivity index (χ0n) is 12.2. The third-order valence-electron chi connectivity index (χ3n) is 4.39. The summed E-state index contributed by atoms with van der Waals surface area (Å²) in [6.45, 7) is 2.10. The van der Waals surface area contributed by atoms with Gasteiger partial charge in [-0.3, -0.25) is 4.90 Å². The Hall–Kier alpha value is -1.73. The first-order valence-electron chi connectivity index (χ1n) is 7.28. The molecule has 2 fully saturated rings. The zero-order chi connectivity index (χ0) is 14.8. The molecule has 7 heteroatoms. The Kier molecular flexibility index (Phi) is 4.03. The van der Waals surface area contributed by atoms with Crippen LogP contribution in [0.1, 0.15) is 18.4 Å². The molecule has 0 saturated carbocycles. The number of carbonyl (C=O) groups excluding carboxylic acids is 1. The van der Waals surface area contributed by atoms with E-state index in [2.05, 4.69) is 14.9 Å². The third kappa shape index (κ3) is 2.84. The number of likely N-dealkylation sites (N-methyl/N-ethyl adjacent to an activating group) is 1. The van der Waals surface area contributed by atoms with Crippen molar-refractivity contribution in [2.75, 3.05) is 20.2 Å². The summed E-state index contributed by atoms with van der Waals surface area (Å²) >= 11 is 0. The molecule has 0 radical (unpaired) electrons. The molecule has 3 atom stereocenters. The van der Waals surface area contributed by atoms with Gasteiger partial charge in [-0.1, -0.05) is 0 Å². The van der Waals surface area contributed by atoms with Gasteiger partial charge in [0, 0.05) is 37.7 Å². The maximum atomic E-state index is 11.6. The lowest BCUT2D eigenvalue weighted by atomic mass is 10.00. The monoisotopic (exact) mass is 291 g/mol. The summed E-state index contributed by atoms with van der Waals surface area (Å²) in [5, 5.41) is 0. The molecule has 3 rings (SSSR count). The number of amides is 2. The first-order valence-corrected chi connectivity index (χ1v) is 7.28. The minimum Gasteiger partial charge on any atom is -0.374 e. The van der Waals surface area contributed by atoms with Gasteiger partial charge in [0.2, 0.25) is 0 Å². The molecule has 3 heterocycles. The van der Waals surface area contributed by atoms with Crippen molar-refractivity contribution in [3.05, 3.63) is 24.3 Å². The molecule has 2 aliphatic rings. The minimum atomic E-state index is -0.352. The molecule has 2 amide bonds. The van der Waals surface area contributed by atoms with Crippen molar-refractivity contribution in [1.29, 1.82) is 0 Å². The number of aromatic nitrogens is 2. The van der Waals surface area contributed by atoms with E-state index >= 15 is 0 Å². The number of nitrogens with two attached hydrogens (primary N) is 1. The van der Waals surface area contributed by atoms with Crippen LogP contribution in [0.5, 0.6) is 0 Å². The van der Waals surface area contributed by atoms with Gasteiger partial charge in [-0.05, 0) is 19.9 Å². The fourth-order valence-corrected chi connectivity index (χ4v) is 3.39. The van der Waals surface area contributed by atoms with Gasteiger partial charge in [-0.15, -0.1) is 0 Å². The highest BCUT2D eigenvalue weighted by molar-refractivity contribution is 5.73. The summed E-state index contributed by atoms with van der Waals surface area (Å²) in [6.07, 6.45) is 7.13. The topological polar surface area (TPSA) is 84.6 Å². The van der Waals surface area contributed by atoms with E-state index in [0.29, 0.717) is 6.54 Å². The first kappa shape index (κ1) is 14.2. The molecule has 2 aliphatic heterocycles. The second-order valence-corrected chi connectivity index (χ2v) is 5.76. The van der Waals surface area contributed by atoms with E-state index in [1.54, 1.807) is 4.90 Å². The predicted molar refractivity (Wildman–Crippen MR) is 76.3 cm³/mol. The van der Waals surface area contributed by atoms with E-state index < -0.39 is 0 Å². The number of hydrogen-bond acceptors (Lipinski definition) is 5. The van der Waals surface area contributed by atoms with Crippen molar-refractivity contribution in [1.82, 2.24) is 19.8 Å². The van der Waals surface area contributed by atoms with Gasteiger partial charge in [0.15, 0.2) is 0 Å². The molecule has 21 heavy (non-hydrogen) atoms. The summed E-state index contributed by atoms with van der Waals surface area (Å²) in [6, 6.07) is -0.0897. The van der Waals surface area contributed by atoms with Crippen molar-refractivity contribution in [3.63, 3.8) is 0 Å². The van der Waals surface area contributed by atoms with Crippen LogP contribution in [0.2, 0.25) is 0 Å². The highest BCUT2D eigenvalue weighted by Crippen LogP contribution is 2.31.